The molecule has 2 rings (SSSR count). The third kappa shape index (κ3) is 2.51. The van der Waals surface area contributed by atoms with Gasteiger partial charge in [0.1, 0.15) is 5.75 Å². The fraction of sp³-hybridized carbons (Fsp3) is 0.154. The van der Waals surface area contributed by atoms with E-state index in [1.807, 2.05) is 36.4 Å². The number of hydrogen-bond acceptors (Lipinski definition) is 3. The summed E-state index contributed by atoms with van der Waals surface area (Å²) >= 11 is 0. The minimum absolute atomic E-state index is 0.732. The summed E-state index contributed by atoms with van der Waals surface area (Å²) in [5, 5.41) is 3.33. The number of nitrogens with one attached hydrogen (secondary N) is 1. The van der Waals surface area contributed by atoms with Crippen molar-refractivity contribution in [3.63, 3.8) is 0 Å². The Hall–Kier alpha value is -2.03. The molecular weight excluding hydrogens is 200 g/mol. The summed E-state index contributed by atoms with van der Waals surface area (Å²) in [7, 11) is 1.66. The van der Waals surface area contributed by atoms with E-state index in [0.29, 0.717) is 0 Å². The van der Waals surface area contributed by atoms with Crippen molar-refractivity contribution < 1.29 is 4.74 Å². The summed E-state index contributed by atoms with van der Waals surface area (Å²) in [5.41, 5.74) is 2.20. The summed E-state index contributed by atoms with van der Waals surface area (Å²) in [5.74, 6) is 0.811. The van der Waals surface area contributed by atoms with Crippen LogP contribution in [0.15, 0.2) is 48.8 Å². The topological polar surface area (TPSA) is 34.1 Å². The Morgan fingerprint density at radius 3 is 2.75 bits per heavy atom. The number of rotatable bonds is 4. The standard InChI is InChI=1S/C13H14N2O/c1-16-13-10-14-8-7-11(13)9-15-12-5-3-2-4-6-12/h2-8,10,15H,9H2,1H3. The third-order valence-electron chi connectivity index (χ3n) is 2.35. The largest absolute Gasteiger partial charge is 0.495 e. The molecule has 1 aromatic carbocycles. The molecule has 1 aromatic heterocycles. The number of anilines is 1. The predicted octanol–water partition coefficient (Wildman–Crippen LogP) is 2.70. The second-order valence-corrected chi connectivity index (χ2v) is 3.41. The van der Waals surface area contributed by atoms with Crippen LogP contribution in [-0.4, -0.2) is 12.1 Å². The van der Waals surface area contributed by atoms with Crippen molar-refractivity contribution >= 4 is 5.69 Å². The highest BCUT2D eigenvalue weighted by atomic mass is 16.5. The van der Waals surface area contributed by atoms with Gasteiger partial charge in [-0.2, -0.15) is 0 Å². The van der Waals surface area contributed by atoms with E-state index in [1.54, 1.807) is 19.5 Å². The highest BCUT2D eigenvalue weighted by molar-refractivity contribution is 5.44. The fourth-order valence-electron chi connectivity index (χ4n) is 1.49. The van der Waals surface area contributed by atoms with Gasteiger partial charge in [-0.25, -0.2) is 0 Å². The molecule has 1 N–H and O–H groups in total. The summed E-state index contributed by atoms with van der Waals surface area (Å²) in [6.07, 6.45) is 3.49. The van der Waals surface area contributed by atoms with E-state index in [4.69, 9.17) is 4.74 Å². The Bertz CT molecular complexity index is 443. The summed E-state index contributed by atoms with van der Waals surface area (Å²) < 4.78 is 5.23. The second-order valence-electron chi connectivity index (χ2n) is 3.41. The molecular formula is C13H14N2O. The Labute approximate surface area is 95.1 Å². The first-order valence-electron chi connectivity index (χ1n) is 5.16. The Morgan fingerprint density at radius 1 is 1.19 bits per heavy atom. The Morgan fingerprint density at radius 2 is 2.00 bits per heavy atom. The maximum Gasteiger partial charge on any atom is 0.142 e. The molecule has 0 atom stereocenters. The minimum Gasteiger partial charge on any atom is -0.495 e. The highest BCUT2D eigenvalue weighted by Gasteiger charge is 2.01. The van der Waals surface area contributed by atoms with Gasteiger partial charge in [-0.3, -0.25) is 4.98 Å². The quantitative estimate of drug-likeness (QED) is 0.849. The maximum absolute atomic E-state index is 5.23. The monoisotopic (exact) mass is 214 g/mol. The average molecular weight is 214 g/mol. The number of ether oxygens (including phenoxy) is 1. The van der Waals surface area contributed by atoms with Gasteiger partial charge in [0.15, 0.2) is 0 Å². The molecule has 0 aliphatic carbocycles. The van der Waals surface area contributed by atoms with Crippen LogP contribution >= 0.6 is 0 Å². The molecule has 0 aliphatic heterocycles. The van der Waals surface area contributed by atoms with Gasteiger partial charge in [0.05, 0.1) is 13.3 Å². The van der Waals surface area contributed by atoms with Crippen LogP contribution in [-0.2, 0) is 6.54 Å². The second kappa shape index (κ2) is 5.16. The van der Waals surface area contributed by atoms with Crippen molar-refractivity contribution in [3.8, 4) is 5.75 Å². The zero-order valence-corrected chi connectivity index (χ0v) is 9.18. The Kier molecular flexibility index (Phi) is 3.38. The summed E-state index contributed by atoms with van der Waals surface area (Å²) in [6, 6.07) is 12.0. The van der Waals surface area contributed by atoms with Gasteiger partial charge in [-0.05, 0) is 18.2 Å². The van der Waals surface area contributed by atoms with Crippen molar-refractivity contribution in [1.82, 2.24) is 4.98 Å². The lowest BCUT2D eigenvalue weighted by atomic mass is 10.2. The zero-order valence-electron chi connectivity index (χ0n) is 9.18. The molecule has 0 saturated heterocycles. The first-order chi connectivity index (χ1) is 7.90. The molecule has 0 unspecified atom stereocenters. The maximum atomic E-state index is 5.23. The normalized spacial score (nSPS) is 9.81. The first kappa shape index (κ1) is 10.5. The third-order valence-corrected chi connectivity index (χ3v) is 2.35. The molecule has 0 saturated carbocycles. The number of methoxy groups -OCH3 is 1. The number of nitrogens with zero attached hydrogens (tertiary/aromatic N) is 1. The van der Waals surface area contributed by atoms with Gasteiger partial charge in [0.25, 0.3) is 0 Å². The van der Waals surface area contributed by atoms with Crippen LogP contribution in [0.25, 0.3) is 0 Å². The van der Waals surface area contributed by atoms with Gasteiger partial charge < -0.3 is 10.1 Å². The van der Waals surface area contributed by atoms with Crippen LogP contribution in [0.4, 0.5) is 5.69 Å². The molecule has 0 radical (unpaired) electrons. The van der Waals surface area contributed by atoms with E-state index >= 15 is 0 Å². The van der Waals surface area contributed by atoms with Crippen molar-refractivity contribution in [2.45, 2.75) is 6.54 Å². The molecule has 0 bridgehead atoms. The van der Waals surface area contributed by atoms with E-state index < -0.39 is 0 Å². The van der Waals surface area contributed by atoms with Crippen LogP contribution in [0.3, 0.4) is 0 Å². The number of hydrogen-bond donors (Lipinski definition) is 1. The average Bonchev–Trinajstić information content (AvgIpc) is 2.38. The lowest BCUT2D eigenvalue weighted by Gasteiger charge is -2.09. The van der Waals surface area contributed by atoms with Gasteiger partial charge in [0.2, 0.25) is 0 Å². The van der Waals surface area contributed by atoms with Crippen LogP contribution in [0.2, 0.25) is 0 Å². The molecule has 2 aromatic rings. The fourth-order valence-corrected chi connectivity index (χ4v) is 1.49. The van der Waals surface area contributed by atoms with Crippen LogP contribution in [0.5, 0.6) is 5.75 Å². The van der Waals surface area contributed by atoms with Gasteiger partial charge in [0, 0.05) is 24.0 Å². The van der Waals surface area contributed by atoms with E-state index in [1.165, 1.54) is 0 Å². The van der Waals surface area contributed by atoms with E-state index in [9.17, 15) is 0 Å². The lowest BCUT2D eigenvalue weighted by Crippen LogP contribution is -2.01. The lowest BCUT2D eigenvalue weighted by molar-refractivity contribution is 0.408. The van der Waals surface area contributed by atoms with Crippen LogP contribution in [0.1, 0.15) is 5.56 Å². The van der Waals surface area contributed by atoms with Crippen molar-refractivity contribution in [2.75, 3.05) is 12.4 Å². The SMILES string of the molecule is COc1cnccc1CNc1ccccc1. The summed E-state index contributed by atoms with van der Waals surface area (Å²) in [4.78, 5) is 4.02. The van der Waals surface area contributed by atoms with Crippen LogP contribution < -0.4 is 10.1 Å². The van der Waals surface area contributed by atoms with E-state index in [2.05, 4.69) is 10.3 Å². The molecule has 0 aliphatic rings. The number of aromatic nitrogens is 1. The first-order valence-corrected chi connectivity index (χ1v) is 5.16. The van der Waals surface area contributed by atoms with E-state index in [-0.39, 0.29) is 0 Å². The van der Waals surface area contributed by atoms with Crippen molar-refractivity contribution in [3.05, 3.63) is 54.4 Å². The van der Waals surface area contributed by atoms with Gasteiger partial charge in [-0.1, -0.05) is 18.2 Å². The molecule has 3 nitrogen and oxygen atoms in total. The van der Waals surface area contributed by atoms with Gasteiger partial charge in [-0.15, -0.1) is 0 Å². The predicted molar refractivity (Wildman–Crippen MR) is 64.6 cm³/mol. The minimum atomic E-state index is 0.732. The molecule has 0 spiro atoms. The van der Waals surface area contributed by atoms with Gasteiger partial charge >= 0.3 is 0 Å². The highest BCUT2D eigenvalue weighted by Crippen LogP contribution is 2.17. The number of benzene rings is 1. The smallest absolute Gasteiger partial charge is 0.142 e. The molecule has 82 valence electrons. The number of pyridine rings is 1. The molecule has 16 heavy (non-hydrogen) atoms. The molecule has 0 fully saturated rings. The van der Waals surface area contributed by atoms with Crippen molar-refractivity contribution in [2.24, 2.45) is 0 Å². The molecule has 3 heteroatoms. The zero-order chi connectivity index (χ0) is 11.2. The summed E-state index contributed by atoms with van der Waals surface area (Å²) in [6.45, 7) is 0.732. The van der Waals surface area contributed by atoms with Crippen LogP contribution in [0, 0.1) is 0 Å². The Balaban J connectivity index is 2.05. The van der Waals surface area contributed by atoms with E-state index in [0.717, 1.165) is 23.5 Å². The molecule has 0 amide bonds. The van der Waals surface area contributed by atoms with Crippen molar-refractivity contribution in [1.29, 1.82) is 0 Å². The molecule has 1 heterocycles. The number of para-hydroxylation sites is 1.